The fourth-order valence-corrected chi connectivity index (χ4v) is 3.16. The van der Waals surface area contributed by atoms with Gasteiger partial charge in [-0.1, -0.05) is 0 Å². The van der Waals surface area contributed by atoms with E-state index in [1.165, 1.54) is 16.4 Å². The number of aromatic nitrogens is 3. The van der Waals surface area contributed by atoms with E-state index in [9.17, 15) is 9.59 Å². The zero-order valence-electron chi connectivity index (χ0n) is 11.7. The largest absolute Gasteiger partial charge is 0.282 e. The first-order valence-corrected chi connectivity index (χ1v) is 7.62. The van der Waals surface area contributed by atoms with Crippen LogP contribution in [-0.2, 0) is 29.5 Å². The van der Waals surface area contributed by atoms with Crippen molar-refractivity contribution in [2.45, 2.75) is 19.3 Å². The van der Waals surface area contributed by atoms with E-state index in [4.69, 9.17) is 0 Å². The minimum atomic E-state index is -0.247. The average molecular weight is 304 g/mol. The Morgan fingerprint density at radius 3 is 2.95 bits per heavy atom. The summed E-state index contributed by atoms with van der Waals surface area (Å²) in [6.45, 7) is 0.448. The molecular formula is C14H16N4O2S. The van der Waals surface area contributed by atoms with Crippen LogP contribution in [-0.4, -0.2) is 37.4 Å². The lowest BCUT2D eigenvalue weighted by Gasteiger charge is -2.14. The SMILES string of the molecule is Cn1cc(CC2CC(=O)N(CCc3ccns3)C2=O)cn1. The van der Waals surface area contributed by atoms with Crippen LogP contribution in [0, 0.1) is 5.92 Å². The van der Waals surface area contributed by atoms with Crippen molar-refractivity contribution in [2.24, 2.45) is 13.0 Å². The van der Waals surface area contributed by atoms with Crippen LogP contribution in [0.4, 0.5) is 0 Å². The van der Waals surface area contributed by atoms with Gasteiger partial charge in [0.05, 0.1) is 12.1 Å². The fourth-order valence-electron chi connectivity index (χ4n) is 2.60. The first-order valence-electron chi connectivity index (χ1n) is 6.85. The molecule has 0 radical (unpaired) electrons. The highest BCUT2D eigenvalue weighted by molar-refractivity contribution is 7.05. The molecule has 2 aromatic rings. The fraction of sp³-hybridized carbons (Fsp3) is 0.429. The monoisotopic (exact) mass is 304 g/mol. The molecular weight excluding hydrogens is 288 g/mol. The number of rotatable bonds is 5. The zero-order valence-corrected chi connectivity index (χ0v) is 12.5. The number of likely N-dealkylation sites (tertiary alicyclic amines) is 1. The van der Waals surface area contributed by atoms with Crippen LogP contribution in [0.2, 0.25) is 0 Å². The molecule has 3 heterocycles. The molecule has 2 amide bonds. The second kappa shape index (κ2) is 5.77. The van der Waals surface area contributed by atoms with Crippen molar-refractivity contribution in [1.82, 2.24) is 19.1 Å². The Balaban J connectivity index is 1.61. The number of amides is 2. The van der Waals surface area contributed by atoms with Crippen molar-refractivity contribution in [3.8, 4) is 0 Å². The molecule has 1 saturated heterocycles. The summed E-state index contributed by atoms with van der Waals surface area (Å²) < 4.78 is 5.73. The van der Waals surface area contributed by atoms with Crippen LogP contribution in [0.15, 0.2) is 24.7 Å². The quantitative estimate of drug-likeness (QED) is 0.774. The molecule has 6 nitrogen and oxygen atoms in total. The molecule has 7 heteroatoms. The zero-order chi connectivity index (χ0) is 14.8. The average Bonchev–Trinajstić information content (AvgIpc) is 3.14. The number of aryl methyl sites for hydroxylation is 1. The van der Waals surface area contributed by atoms with Gasteiger partial charge >= 0.3 is 0 Å². The molecule has 0 bridgehead atoms. The van der Waals surface area contributed by atoms with Gasteiger partial charge in [-0.15, -0.1) is 0 Å². The summed E-state index contributed by atoms with van der Waals surface area (Å²) in [5, 5.41) is 4.09. The van der Waals surface area contributed by atoms with E-state index in [-0.39, 0.29) is 17.7 Å². The van der Waals surface area contributed by atoms with Gasteiger partial charge < -0.3 is 0 Å². The third kappa shape index (κ3) is 3.02. The van der Waals surface area contributed by atoms with Gasteiger partial charge in [0.15, 0.2) is 0 Å². The van der Waals surface area contributed by atoms with Crippen molar-refractivity contribution < 1.29 is 9.59 Å². The van der Waals surface area contributed by atoms with Gasteiger partial charge in [-0.05, 0) is 29.6 Å². The van der Waals surface area contributed by atoms with Gasteiger partial charge in [-0.25, -0.2) is 4.37 Å². The molecule has 1 aliphatic heterocycles. The van der Waals surface area contributed by atoms with Crippen molar-refractivity contribution >= 4 is 23.3 Å². The Bertz CT molecular complexity index is 650. The summed E-state index contributed by atoms with van der Waals surface area (Å²) in [5.41, 5.74) is 0.993. The van der Waals surface area contributed by atoms with Crippen molar-refractivity contribution in [2.75, 3.05) is 6.54 Å². The molecule has 0 aromatic carbocycles. The molecule has 21 heavy (non-hydrogen) atoms. The lowest BCUT2D eigenvalue weighted by Crippen LogP contribution is -2.32. The summed E-state index contributed by atoms with van der Waals surface area (Å²) >= 11 is 1.40. The van der Waals surface area contributed by atoms with E-state index in [0.717, 1.165) is 10.4 Å². The highest BCUT2D eigenvalue weighted by atomic mass is 32.1. The number of nitrogens with zero attached hydrogens (tertiary/aromatic N) is 4. The van der Waals surface area contributed by atoms with Crippen molar-refractivity contribution in [3.05, 3.63) is 35.1 Å². The topological polar surface area (TPSA) is 68.1 Å². The Morgan fingerprint density at radius 1 is 1.43 bits per heavy atom. The van der Waals surface area contributed by atoms with E-state index >= 15 is 0 Å². The smallest absolute Gasteiger partial charge is 0.233 e. The third-order valence-corrected chi connectivity index (χ3v) is 4.45. The van der Waals surface area contributed by atoms with Crippen LogP contribution in [0.3, 0.4) is 0 Å². The summed E-state index contributed by atoms with van der Waals surface area (Å²) in [6.07, 6.45) is 6.93. The van der Waals surface area contributed by atoms with Crippen LogP contribution in [0.25, 0.3) is 0 Å². The van der Waals surface area contributed by atoms with Gasteiger partial charge in [-0.2, -0.15) is 5.10 Å². The van der Waals surface area contributed by atoms with Gasteiger partial charge in [0.1, 0.15) is 0 Å². The summed E-state index contributed by atoms with van der Waals surface area (Å²) in [4.78, 5) is 26.9. The minimum Gasteiger partial charge on any atom is -0.282 e. The first-order chi connectivity index (χ1) is 10.1. The Hall–Kier alpha value is -2.02. The van der Waals surface area contributed by atoms with Gasteiger partial charge in [-0.3, -0.25) is 19.2 Å². The molecule has 110 valence electrons. The predicted molar refractivity (Wildman–Crippen MR) is 77.6 cm³/mol. The van der Waals surface area contributed by atoms with E-state index in [2.05, 4.69) is 9.47 Å². The normalized spacial score (nSPS) is 18.7. The summed E-state index contributed by atoms with van der Waals surface area (Å²) in [5.74, 6) is -0.380. The Labute approximate surface area is 126 Å². The Kier molecular flexibility index (Phi) is 3.83. The molecule has 1 atom stereocenters. The lowest BCUT2D eigenvalue weighted by molar-refractivity contribution is -0.139. The molecule has 1 unspecified atom stereocenters. The van der Waals surface area contributed by atoms with Crippen LogP contribution < -0.4 is 0 Å². The summed E-state index contributed by atoms with van der Waals surface area (Å²) in [7, 11) is 1.84. The van der Waals surface area contributed by atoms with E-state index < -0.39 is 0 Å². The molecule has 1 fully saturated rings. The second-order valence-corrected chi connectivity index (χ2v) is 6.16. The standard InChI is InChI=1S/C14H16N4O2S/c1-17-9-10(8-15-17)6-11-7-13(19)18(14(11)20)5-3-12-2-4-16-21-12/h2,4,8-9,11H,3,5-7H2,1H3. The van der Waals surface area contributed by atoms with Crippen LogP contribution in [0.5, 0.6) is 0 Å². The number of imide groups is 1. The summed E-state index contributed by atoms with van der Waals surface area (Å²) in [6, 6.07) is 1.92. The van der Waals surface area contributed by atoms with E-state index in [1.54, 1.807) is 17.1 Å². The van der Waals surface area contributed by atoms with E-state index in [1.807, 2.05) is 19.3 Å². The molecule has 3 rings (SSSR count). The number of hydrogen-bond acceptors (Lipinski definition) is 5. The number of hydrogen-bond donors (Lipinski definition) is 0. The second-order valence-electron chi connectivity index (χ2n) is 5.24. The maximum atomic E-state index is 12.4. The van der Waals surface area contributed by atoms with Gasteiger partial charge in [0.2, 0.25) is 11.8 Å². The predicted octanol–water partition coefficient (Wildman–Crippen LogP) is 1.04. The molecule has 2 aromatic heterocycles. The maximum Gasteiger partial charge on any atom is 0.233 e. The molecule has 0 spiro atoms. The maximum absolute atomic E-state index is 12.4. The molecule has 0 aliphatic carbocycles. The Morgan fingerprint density at radius 2 is 2.29 bits per heavy atom. The molecule has 0 saturated carbocycles. The minimum absolute atomic E-state index is 0.0617. The molecule has 0 N–H and O–H groups in total. The highest BCUT2D eigenvalue weighted by Gasteiger charge is 2.38. The highest BCUT2D eigenvalue weighted by Crippen LogP contribution is 2.24. The molecule has 1 aliphatic rings. The van der Waals surface area contributed by atoms with Crippen LogP contribution in [0.1, 0.15) is 16.9 Å². The van der Waals surface area contributed by atoms with E-state index in [0.29, 0.717) is 25.8 Å². The van der Waals surface area contributed by atoms with Crippen LogP contribution >= 0.6 is 11.5 Å². The number of carbonyl (C=O) groups is 2. The third-order valence-electron chi connectivity index (χ3n) is 3.65. The van der Waals surface area contributed by atoms with Gasteiger partial charge in [0, 0.05) is 43.7 Å². The van der Waals surface area contributed by atoms with Gasteiger partial charge in [0.25, 0.3) is 0 Å². The van der Waals surface area contributed by atoms with Crippen molar-refractivity contribution in [1.29, 1.82) is 0 Å². The number of carbonyl (C=O) groups excluding carboxylic acids is 2. The van der Waals surface area contributed by atoms with Crippen molar-refractivity contribution in [3.63, 3.8) is 0 Å². The first kappa shape index (κ1) is 13.9. The lowest BCUT2D eigenvalue weighted by atomic mass is 10.0.